The number of aromatic nitrogens is 1. The van der Waals surface area contributed by atoms with Gasteiger partial charge in [-0.3, -0.25) is 4.79 Å². The maximum atomic E-state index is 13.0. The van der Waals surface area contributed by atoms with Crippen molar-refractivity contribution in [3.8, 4) is 11.3 Å². The van der Waals surface area contributed by atoms with E-state index in [4.69, 9.17) is 23.2 Å². The van der Waals surface area contributed by atoms with Crippen LogP contribution in [0.3, 0.4) is 0 Å². The number of nitrogens with one attached hydrogen (secondary N) is 1. The molecule has 10 heteroatoms. The zero-order valence-electron chi connectivity index (χ0n) is 17.2. The Hall–Kier alpha value is -1.97. The van der Waals surface area contributed by atoms with E-state index < -0.39 is 15.9 Å². The molecule has 168 valence electrons. The standard InChI is InChI=1S/C22H21Cl2N3O3S2/c1-14-4-7-17(8-5-14)32(29,30)27-10-2-3-16(12-27)21(28)26-22-25-20(13-31-22)15-6-9-18(23)19(24)11-15/h4-9,11,13,16H,2-3,10,12H2,1H3,(H,25,26,28). The number of piperidine rings is 1. The van der Waals surface area contributed by atoms with Gasteiger partial charge in [-0.1, -0.05) is 47.0 Å². The molecular weight excluding hydrogens is 489 g/mol. The Kier molecular flexibility index (Phi) is 6.88. The molecular formula is C22H21Cl2N3O3S2. The molecule has 2 heterocycles. The summed E-state index contributed by atoms with van der Waals surface area (Å²) in [6.45, 7) is 2.45. The quantitative estimate of drug-likeness (QED) is 0.494. The highest BCUT2D eigenvalue weighted by molar-refractivity contribution is 7.89. The third-order valence-corrected chi connectivity index (χ3v) is 8.74. The maximum absolute atomic E-state index is 13.0. The minimum absolute atomic E-state index is 0.146. The predicted octanol–water partition coefficient (Wildman–Crippen LogP) is 5.46. The molecule has 0 spiro atoms. The zero-order valence-corrected chi connectivity index (χ0v) is 20.4. The fraction of sp³-hybridized carbons (Fsp3) is 0.273. The molecule has 1 unspecified atom stereocenters. The average molecular weight is 510 g/mol. The number of carbonyl (C=O) groups excluding carboxylic acids is 1. The van der Waals surface area contributed by atoms with Crippen LogP contribution in [0.5, 0.6) is 0 Å². The Morgan fingerprint density at radius 1 is 1.16 bits per heavy atom. The van der Waals surface area contributed by atoms with E-state index in [9.17, 15) is 13.2 Å². The van der Waals surface area contributed by atoms with E-state index in [1.807, 2.05) is 18.4 Å². The largest absolute Gasteiger partial charge is 0.302 e. The summed E-state index contributed by atoms with van der Waals surface area (Å²) in [6.07, 6.45) is 1.24. The summed E-state index contributed by atoms with van der Waals surface area (Å²) in [7, 11) is -3.64. The number of hydrogen-bond donors (Lipinski definition) is 1. The van der Waals surface area contributed by atoms with Gasteiger partial charge in [0.25, 0.3) is 0 Å². The van der Waals surface area contributed by atoms with Crippen molar-refractivity contribution in [2.75, 3.05) is 18.4 Å². The monoisotopic (exact) mass is 509 g/mol. The van der Waals surface area contributed by atoms with Crippen molar-refractivity contribution in [2.45, 2.75) is 24.7 Å². The Balaban J connectivity index is 1.44. The van der Waals surface area contributed by atoms with Crippen LogP contribution in [-0.4, -0.2) is 36.7 Å². The number of nitrogens with zero attached hydrogens (tertiary/aromatic N) is 2. The van der Waals surface area contributed by atoms with Gasteiger partial charge in [-0.25, -0.2) is 13.4 Å². The van der Waals surface area contributed by atoms with Gasteiger partial charge in [0.15, 0.2) is 5.13 Å². The molecule has 2 aromatic carbocycles. The molecule has 1 saturated heterocycles. The van der Waals surface area contributed by atoms with Crippen molar-refractivity contribution in [1.82, 2.24) is 9.29 Å². The fourth-order valence-electron chi connectivity index (χ4n) is 3.56. The summed E-state index contributed by atoms with van der Waals surface area (Å²) >= 11 is 13.3. The van der Waals surface area contributed by atoms with Gasteiger partial charge in [-0.15, -0.1) is 11.3 Å². The van der Waals surface area contributed by atoms with E-state index in [1.165, 1.54) is 15.6 Å². The molecule has 0 radical (unpaired) electrons. The molecule has 1 aliphatic rings. The summed E-state index contributed by atoms with van der Waals surface area (Å²) in [5, 5.41) is 6.00. The summed E-state index contributed by atoms with van der Waals surface area (Å²) < 4.78 is 27.4. The second-order valence-corrected chi connectivity index (χ2v) is 11.3. The van der Waals surface area contributed by atoms with Crippen LogP contribution in [-0.2, 0) is 14.8 Å². The highest BCUT2D eigenvalue weighted by Crippen LogP contribution is 2.31. The number of thiazole rings is 1. The first kappa shape index (κ1) is 23.2. The van der Waals surface area contributed by atoms with Crippen LogP contribution in [0.4, 0.5) is 5.13 Å². The van der Waals surface area contributed by atoms with E-state index in [0.29, 0.717) is 40.3 Å². The summed E-state index contributed by atoms with van der Waals surface area (Å²) in [4.78, 5) is 17.6. The number of amides is 1. The smallest absolute Gasteiger partial charge is 0.243 e. The van der Waals surface area contributed by atoms with Crippen LogP contribution in [0, 0.1) is 12.8 Å². The lowest BCUT2D eigenvalue weighted by atomic mass is 9.99. The van der Waals surface area contributed by atoms with Crippen LogP contribution in [0.25, 0.3) is 11.3 Å². The first-order valence-corrected chi connectivity index (χ1v) is 13.1. The Bertz CT molecular complexity index is 1240. The predicted molar refractivity (Wildman–Crippen MR) is 129 cm³/mol. The van der Waals surface area contributed by atoms with Crippen molar-refractivity contribution in [3.05, 3.63) is 63.5 Å². The molecule has 1 amide bonds. The zero-order chi connectivity index (χ0) is 22.9. The molecule has 1 aromatic heterocycles. The van der Waals surface area contributed by atoms with Gasteiger partial charge in [-0.2, -0.15) is 4.31 Å². The van der Waals surface area contributed by atoms with Gasteiger partial charge >= 0.3 is 0 Å². The minimum atomic E-state index is -3.64. The number of anilines is 1. The number of aryl methyl sites for hydroxylation is 1. The highest BCUT2D eigenvalue weighted by Gasteiger charge is 2.33. The third-order valence-electron chi connectivity index (χ3n) is 5.36. The number of hydrogen-bond acceptors (Lipinski definition) is 5. The van der Waals surface area contributed by atoms with Crippen LogP contribution >= 0.6 is 34.5 Å². The van der Waals surface area contributed by atoms with Crippen molar-refractivity contribution in [2.24, 2.45) is 5.92 Å². The molecule has 6 nitrogen and oxygen atoms in total. The van der Waals surface area contributed by atoms with Crippen LogP contribution < -0.4 is 5.32 Å². The van der Waals surface area contributed by atoms with E-state index >= 15 is 0 Å². The summed E-state index contributed by atoms with van der Waals surface area (Å²) in [6, 6.07) is 12.0. The lowest BCUT2D eigenvalue weighted by Crippen LogP contribution is -2.43. The SMILES string of the molecule is Cc1ccc(S(=O)(=O)N2CCCC(C(=O)Nc3nc(-c4ccc(Cl)c(Cl)c4)cs3)C2)cc1. The van der Waals surface area contributed by atoms with Crippen molar-refractivity contribution >= 4 is 55.6 Å². The molecule has 4 rings (SSSR count). The minimum Gasteiger partial charge on any atom is -0.302 e. The van der Waals surface area contributed by atoms with Crippen LogP contribution in [0.15, 0.2) is 52.7 Å². The molecule has 1 aliphatic heterocycles. The second kappa shape index (κ2) is 9.49. The number of sulfonamides is 1. The van der Waals surface area contributed by atoms with E-state index in [-0.39, 0.29) is 17.3 Å². The molecule has 1 fully saturated rings. The Labute approximate surface area is 201 Å². The van der Waals surface area contributed by atoms with E-state index in [2.05, 4.69) is 10.3 Å². The Morgan fingerprint density at radius 3 is 2.62 bits per heavy atom. The molecule has 1 atom stereocenters. The molecule has 1 N–H and O–H groups in total. The molecule has 32 heavy (non-hydrogen) atoms. The number of halogens is 2. The topological polar surface area (TPSA) is 79.4 Å². The lowest BCUT2D eigenvalue weighted by Gasteiger charge is -2.31. The van der Waals surface area contributed by atoms with Crippen LogP contribution in [0.2, 0.25) is 10.0 Å². The normalized spacial score (nSPS) is 17.3. The third kappa shape index (κ3) is 5.00. The number of benzene rings is 2. The van der Waals surface area contributed by atoms with Gasteiger partial charge in [0, 0.05) is 24.0 Å². The molecule has 0 saturated carbocycles. The van der Waals surface area contributed by atoms with Gasteiger partial charge in [0.2, 0.25) is 15.9 Å². The van der Waals surface area contributed by atoms with E-state index in [1.54, 1.807) is 36.4 Å². The van der Waals surface area contributed by atoms with E-state index in [0.717, 1.165) is 11.1 Å². The average Bonchev–Trinajstić information content (AvgIpc) is 3.24. The first-order valence-electron chi connectivity index (χ1n) is 10.0. The van der Waals surface area contributed by atoms with Crippen molar-refractivity contribution in [3.63, 3.8) is 0 Å². The van der Waals surface area contributed by atoms with Gasteiger partial charge in [-0.05, 0) is 44.0 Å². The molecule has 0 aliphatic carbocycles. The molecule has 3 aromatic rings. The second-order valence-electron chi connectivity index (χ2n) is 7.67. The highest BCUT2D eigenvalue weighted by atomic mass is 35.5. The van der Waals surface area contributed by atoms with Gasteiger partial charge in [0.05, 0.1) is 26.6 Å². The fourth-order valence-corrected chi connectivity index (χ4v) is 6.11. The number of carbonyl (C=O) groups is 1. The summed E-state index contributed by atoms with van der Waals surface area (Å²) in [5.41, 5.74) is 2.46. The maximum Gasteiger partial charge on any atom is 0.243 e. The molecule has 0 bridgehead atoms. The van der Waals surface area contributed by atoms with Gasteiger partial charge in [0.1, 0.15) is 0 Å². The van der Waals surface area contributed by atoms with Crippen LogP contribution in [0.1, 0.15) is 18.4 Å². The summed E-state index contributed by atoms with van der Waals surface area (Å²) in [5.74, 6) is -0.676. The van der Waals surface area contributed by atoms with Crippen molar-refractivity contribution < 1.29 is 13.2 Å². The number of rotatable bonds is 5. The van der Waals surface area contributed by atoms with Gasteiger partial charge < -0.3 is 5.32 Å². The lowest BCUT2D eigenvalue weighted by molar-refractivity contribution is -0.120. The first-order chi connectivity index (χ1) is 15.2. The Morgan fingerprint density at radius 2 is 1.91 bits per heavy atom. The van der Waals surface area contributed by atoms with Crippen molar-refractivity contribution in [1.29, 1.82) is 0 Å².